The molecule has 2 aromatic rings. The molecule has 0 saturated carbocycles. The van der Waals surface area contributed by atoms with Gasteiger partial charge in [-0.05, 0) is 47.4 Å². The van der Waals surface area contributed by atoms with E-state index in [0.717, 1.165) is 16.7 Å². The van der Waals surface area contributed by atoms with Crippen LogP contribution in [0.3, 0.4) is 0 Å². The van der Waals surface area contributed by atoms with E-state index in [1.807, 2.05) is 48.6 Å². The Balaban J connectivity index is 1.66. The largest absolute Gasteiger partial charge is 0.413 e. The molecule has 0 saturated heterocycles. The van der Waals surface area contributed by atoms with Gasteiger partial charge in [0.05, 0.1) is 11.1 Å². The molecule has 130 valence electrons. The fourth-order valence-corrected chi connectivity index (χ4v) is 4.74. The van der Waals surface area contributed by atoms with E-state index in [1.165, 1.54) is 0 Å². The highest BCUT2D eigenvalue weighted by Crippen LogP contribution is 2.62. The zero-order valence-electron chi connectivity index (χ0n) is 14.3. The number of rotatable bonds is 0. The average molecular weight is 354 g/mol. The molecule has 2 aromatic carbocycles. The molecule has 2 spiro atoms. The summed E-state index contributed by atoms with van der Waals surface area (Å²) in [4.78, 5) is 26.1. The predicted molar refractivity (Wildman–Crippen MR) is 96.8 cm³/mol. The molecule has 0 amide bonds. The third kappa shape index (κ3) is 1.63. The Morgan fingerprint density at radius 1 is 0.704 bits per heavy atom. The number of ether oxygens (including phenoxy) is 2. The van der Waals surface area contributed by atoms with Crippen LogP contribution in [0, 0.1) is 5.41 Å². The minimum Gasteiger partial charge on any atom is -0.413 e. The third-order valence-corrected chi connectivity index (χ3v) is 6.06. The van der Waals surface area contributed by atoms with Gasteiger partial charge in [0.25, 0.3) is 5.79 Å². The Morgan fingerprint density at radius 2 is 1.22 bits per heavy atom. The molecule has 0 aromatic heterocycles. The smallest absolute Gasteiger partial charge is 0.341 e. The van der Waals surface area contributed by atoms with Crippen molar-refractivity contribution in [2.75, 3.05) is 0 Å². The van der Waals surface area contributed by atoms with Crippen LogP contribution < -0.4 is 0 Å². The van der Waals surface area contributed by atoms with E-state index in [-0.39, 0.29) is 0 Å². The maximum atomic E-state index is 13.0. The predicted octanol–water partition coefficient (Wildman–Crippen LogP) is 3.85. The highest BCUT2D eigenvalue weighted by atomic mass is 16.7. The molecule has 0 N–H and O–H groups in total. The van der Waals surface area contributed by atoms with Gasteiger partial charge in [-0.15, -0.1) is 0 Å². The topological polar surface area (TPSA) is 52.6 Å². The second kappa shape index (κ2) is 4.65. The van der Waals surface area contributed by atoms with Crippen molar-refractivity contribution < 1.29 is 19.1 Å². The number of benzene rings is 2. The van der Waals surface area contributed by atoms with Crippen LogP contribution in [0.2, 0.25) is 0 Å². The lowest BCUT2D eigenvalue weighted by atomic mass is 9.69. The highest BCUT2D eigenvalue weighted by Gasteiger charge is 2.65. The zero-order chi connectivity index (χ0) is 18.2. The van der Waals surface area contributed by atoms with Gasteiger partial charge >= 0.3 is 11.9 Å². The van der Waals surface area contributed by atoms with Crippen LogP contribution >= 0.6 is 0 Å². The van der Waals surface area contributed by atoms with Gasteiger partial charge in [-0.25, -0.2) is 9.59 Å². The summed E-state index contributed by atoms with van der Waals surface area (Å²) in [7, 11) is 0. The van der Waals surface area contributed by atoms with Crippen molar-refractivity contribution in [3.63, 3.8) is 0 Å². The van der Waals surface area contributed by atoms with Gasteiger partial charge in [0, 0.05) is 5.56 Å². The summed E-state index contributed by atoms with van der Waals surface area (Å²) in [5.74, 6) is -2.57. The Bertz CT molecular complexity index is 1050. The van der Waals surface area contributed by atoms with E-state index in [0.29, 0.717) is 23.1 Å². The van der Waals surface area contributed by atoms with Gasteiger partial charge in [0.2, 0.25) is 0 Å². The SMILES string of the molecule is O=C1OC2(OC(=O)c3ccc1cc3)c1ccc(cc1)CC21C2=CC=C1C=C2. The Hall–Kier alpha value is -3.40. The zero-order valence-corrected chi connectivity index (χ0v) is 14.3. The second-order valence-electron chi connectivity index (χ2n) is 7.33. The maximum absolute atomic E-state index is 13.0. The lowest BCUT2D eigenvalue weighted by Gasteiger charge is -2.45. The first-order chi connectivity index (χ1) is 13.1. The van der Waals surface area contributed by atoms with Crippen LogP contribution in [0.5, 0.6) is 0 Å². The van der Waals surface area contributed by atoms with Crippen molar-refractivity contribution >= 4 is 11.9 Å². The number of allylic oxidation sites excluding steroid dienone is 4. The van der Waals surface area contributed by atoms with Gasteiger partial charge in [-0.3, -0.25) is 0 Å². The molecule has 2 heterocycles. The Labute approximate surface area is 155 Å². The number of hydrogen-bond donors (Lipinski definition) is 0. The molecule has 4 nitrogen and oxygen atoms in total. The highest BCUT2D eigenvalue weighted by molar-refractivity contribution is 5.95. The fourth-order valence-electron chi connectivity index (χ4n) is 4.74. The summed E-state index contributed by atoms with van der Waals surface area (Å²) < 4.78 is 12.2. The van der Waals surface area contributed by atoms with Gasteiger partial charge in [-0.1, -0.05) is 48.6 Å². The lowest BCUT2D eigenvalue weighted by Crippen LogP contribution is -2.52. The van der Waals surface area contributed by atoms with E-state index in [1.54, 1.807) is 24.3 Å². The van der Waals surface area contributed by atoms with E-state index in [2.05, 4.69) is 0 Å². The number of carbonyl (C=O) groups is 2. The summed E-state index contributed by atoms with van der Waals surface area (Å²) in [5, 5.41) is 0. The minimum atomic E-state index is -1.56. The van der Waals surface area contributed by atoms with Crippen LogP contribution in [0.4, 0.5) is 0 Å². The fraction of sp³-hybridized carbons (Fsp3) is 0.130. The van der Waals surface area contributed by atoms with E-state index >= 15 is 0 Å². The first-order valence-corrected chi connectivity index (χ1v) is 8.90. The number of fused-ring (bicyclic) bond motifs is 6. The molecule has 2 aliphatic heterocycles. The molecule has 0 fully saturated rings. The molecule has 0 radical (unpaired) electrons. The standard InChI is InChI=1S/C23H14O4/c24-20-15-3-4-16(6-5-15)21(25)27-23(26-20)19-7-1-14(2-8-19)13-22(23)17-9-10-18(22)12-11-17/h1-12H,13H2. The third-order valence-electron chi connectivity index (χ3n) is 6.06. The van der Waals surface area contributed by atoms with Gasteiger partial charge < -0.3 is 9.47 Å². The Kier molecular flexibility index (Phi) is 2.54. The van der Waals surface area contributed by atoms with Gasteiger partial charge in [0.1, 0.15) is 5.41 Å². The molecule has 8 rings (SSSR count). The minimum absolute atomic E-state index is 0.396. The van der Waals surface area contributed by atoms with E-state index in [9.17, 15) is 9.59 Å². The van der Waals surface area contributed by atoms with Crippen LogP contribution in [0.1, 0.15) is 31.8 Å². The molecule has 27 heavy (non-hydrogen) atoms. The monoisotopic (exact) mass is 354 g/mol. The van der Waals surface area contributed by atoms with Gasteiger partial charge in [0.15, 0.2) is 0 Å². The van der Waals surface area contributed by atoms with Crippen LogP contribution in [-0.4, -0.2) is 11.9 Å². The Morgan fingerprint density at radius 3 is 1.70 bits per heavy atom. The molecule has 4 aliphatic carbocycles. The van der Waals surface area contributed by atoms with Crippen molar-refractivity contribution in [2.24, 2.45) is 5.41 Å². The number of carbonyl (C=O) groups excluding carboxylic acids is 2. The summed E-state index contributed by atoms with van der Waals surface area (Å²) >= 11 is 0. The molecule has 0 atom stereocenters. The molecule has 0 unspecified atom stereocenters. The van der Waals surface area contributed by atoms with Crippen molar-refractivity contribution in [3.05, 3.63) is 106 Å². The molecular weight excluding hydrogens is 340 g/mol. The summed E-state index contributed by atoms with van der Waals surface area (Å²) in [6.07, 6.45) is 8.65. The average Bonchev–Trinajstić information content (AvgIpc) is 3.16. The van der Waals surface area contributed by atoms with Crippen molar-refractivity contribution in [1.29, 1.82) is 0 Å². The summed E-state index contributed by atoms with van der Waals surface area (Å²) in [6, 6.07) is 14.2. The van der Waals surface area contributed by atoms with E-state index < -0.39 is 23.1 Å². The quantitative estimate of drug-likeness (QED) is 0.675. The van der Waals surface area contributed by atoms with Crippen LogP contribution in [-0.2, 0) is 21.7 Å². The lowest BCUT2D eigenvalue weighted by molar-refractivity contribution is -0.225. The number of esters is 2. The normalized spacial score (nSPS) is 22.1. The van der Waals surface area contributed by atoms with Crippen LogP contribution in [0.25, 0.3) is 0 Å². The van der Waals surface area contributed by atoms with Crippen molar-refractivity contribution in [1.82, 2.24) is 0 Å². The molecular formula is C23H14O4. The first kappa shape index (κ1) is 14.7. The second-order valence-corrected chi connectivity index (χ2v) is 7.33. The molecule has 6 aliphatic rings. The number of hydrogen-bond acceptors (Lipinski definition) is 4. The van der Waals surface area contributed by atoms with Crippen molar-refractivity contribution in [2.45, 2.75) is 12.2 Å². The molecule has 4 heteroatoms. The van der Waals surface area contributed by atoms with Crippen LogP contribution in [0.15, 0.2) is 84.0 Å². The first-order valence-electron chi connectivity index (χ1n) is 8.90. The summed E-state index contributed by atoms with van der Waals surface area (Å²) in [5.41, 5.74) is 3.77. The van der Waals surface area contributed by atoms with Gasteiger partial charge in [-0.2, -0.15) is 0 Å². The van der Waals surface area contributed by atoms with E-state index in [4.69, 9.17) is 9.47 Å². The maximum Gasteiger partial charge on any atom is 0.341 e. The van der Waals surface area contributed by atoms with Crippen molar-refractivity contribution in [3.8, 4) is 0 Å². The summed E-state index contributed by atoms with van der Waals surface area (Å²) in [6.45, 7) is 0. The molecule has 6 bridgehead atoms.